The minimum Gasteiger partial charge on any atom is -0.310 e. The molecule has 2 heterocycles. The Balaban J connectivity index is 1.88. The van der Waals surface area contributed by atoms with Gasteiger partial charge in [0.25, 0.3) is 5.56 Å². The molecule has 0 radical (unpaired) electrons. The topological polar surface area (TPSA) is 76.5 Å². The van der Waals surface area contributed by atoms with Crippen molar-refractivity contribution in [3.8, 4) is 5.69 Å². The summed E-state index contributed by atoms with van der Waals surface area (Å²) < 4.78 is 1.91. The van der Waals surface area contributed by atoms with Gasteiger partial charge in [0.2, 0.25) is 0 Å². The molecule has 2 aromatic heterocycles. The summed E-state index contributed by atoms with van der Waals surface area (Å²) in [6.45, 7) is 3.79. The van der Waals surface area contributed by atoms with Gasteiger partial charge in [0.15, 0.2) is 5.16 Å². The number of thioether (sulfide) groups is 1. The van der Waals surface area contributed by atoms with Crippen LogP contribution in [0, 0.1) is 6.92 Å². The fraction of sp³-hybridized carbons (Fsp3) is 0.200. The van der Waals surface area contributed by atoms with Crippen LogP contribution >= 0.6 is 11.8 Å². The van der Waals surface area contributed by atoms with Crippen LogP contribution < -0.4 is 5.56 Å². The quantitative estimate of drug-likeness (QED) is 0.749. The Hall–Kier alpha value is -2.41. The Morgan fingerprint density at radius 3 is 2.77 bits per heavy atom. The van der Waals surface area contributed by atoms with Crippen LogP contribution in [0.5, 0.6) is 0 Å². The number of aromatic nitrogens is 5. The first-order valence-corrected chi connectivity index (χ1v) is 7.71. The van der Waals surface area contributed by atoms with Crippen LogP contribution in [-0.4, -0.2) is 24.7 Å². The summed E-state index contributed by atoms with van der Waals surface area (Å²) in [5, 5.41) is 8.85. The Morgan fingerprint density at radius 1 is 1.27 bits per heavy atom. The van der Waals surface area contributed by atoms with Crippen LogP contribution in [0.25, 0.3) is 5.69 Å². The lowest BCUT2D eigenvalue weighted by Gasteiger charge is -2.11. The molecule has 22 heavy (non-hydrogen) atoms. The Labute approximate surface area is 131 Å². The summed E-state index contributed by atoms with van der Waals surface area (Å²) in [5.41, 5.74) is 1.56. The first-order valence-electron chi connectivity index (χ1n) is 6.83. The third-order valence-corrected chi connectivity index (χ3v) is 4.17. The van der Waals surface area contributed by atoms with E-state index in [4.69, 9.17) is 0 Å². The third kappa shape index (κ3) is 3.09. The predicted molar refractivity (Wildman–Crippen MR) is 85.2 cm³/mol. The van der Waals surface area contributed by atoms with Gasteiger partial charge >= 0.3 is 0 Å². The standard InChI is InChI=1S/C15H15N5OS/c1-10-8-13(21)18-14(17-10)11(2)22-15-19-16-9-20(15)12-6-4-3-5-7-12/h3-9,11H,1-2H3,(H,17,18,21). The van der Waals surface area contributed by atoms with Gasteiger partial charge in [-0.15, -0.1) is 10.2 Å². The molecule has 3 aromatic rings. The Kier molecular flexibility index (Phi) is 4.06. The lowest BCUT2D eigenvalue weighted by atomic mass is 10.3. The molecule has 0 spiro atoms. The molecule has 0 saturated carbocycles. The van der Waals surface area contributed by atoms with Crippen molar-refractivity contribution in [2.75, 3.05) is 0 Å². The van der Waals surface area contributed by atoms with E-state index in [0.717, 1.165) is 10.8 Å². The van der Waals surface area contributed by atoms with Crippen molar-refractivity contribution in [2.24, 2.45) is 0 Å². The summed E-state index contributed by atoms with van der Waals surface area (Å²) in [4.78, 5) is 18.7. The number of nitrogens with one attached hydrogen (secondary N) is 1. The number of rotatable bonds is 4. The van der Waals surface area contributed by atoms with E-state index in [1.807, 2.05) is 48.7 Å². The number of nitrogens with zero attached hydrogens (tertiary/aromatic N) is 4. The highest BCUT2D eigenvalue weighted by molar-refractivity contribution is 7.99. The average Bonchev–Trinajstić information content (AvgIpc) is 2.95. The van der Waals surface area contributed by atoms with E-state index in [0.29, 0.717) is 11.5 Å². The van der Waals surface area contributed by atoms with Gasteiger partial charge in [-0.2, -0.15) is 0 Å². The van der Waals surface area contributed by atoms with Gasteiger partial charge in [-0.25, -0.2) is 4.98 Å². The van der Waals surface area contributed by atoms with E-state index in [1.165, 1.54) is 17.8 Å². The van der Waals surface area contributed by atoms with E-state index in [9.17, 15) is 4.79 Å². The van der Waals surface area contributed by atoms with E-state index in [2.05, 4.69) is 20.2 Å². The number of benzene rings is 1. The minimum absolute atomic E-state index is 0.0423. The SMILES string of the molecule is Cc1cc(=O)[nH]c(C(C)Sc2nncn2-c2ccccc2)n1. The molecule has 1 atom stereocenters. The van der Waals surface area contributed by atoms with Crippen molar-refractivity contribution in [2.45, 2.75) is 24.3 Å². The van der Waals surface area contributed by atoms with E-state index in [-0.39, 0.29) is 10.8 Å². The van der Waals surface area contributed by atoms with Crippen molar-refractivity contribution in [1.29, 1.82) is 0 Å². The van der Waals surface area contributed by atoms with Crippen molar-refractivity contribution in [1.82, 2.24) is 24.7 Å². The van der Waals surface area contributed by atoms with Gasteiger partial charge in [0, 0.05) is 17.4 Å². The van der Waals surface area contributed by atoms with E-state index >= 15 is 0 Å². The number of aromatic amines is 1. The van der Waals surface area contributed by atoms with E-state index < -0.39 is 0 Å². The fourth-order valence-electron chi connectivity index (χ4n) is 2.08. The van der Waals surface area contributed by atoms with Crippen LogP contribution in [0.15, 0.2) is 52.7 Å². The second-order valence-corrected chi connectivity index (χ2v) is 6.16. The van der Waals surface area contributed by atoms with Crippen LogP contribution in [0.4, 0.5) is 0 Å². The zero-order valence-corrected chi connectivity index (χ0v) is 13.0. The Morgan fingerprint density at radius 2 is 2.05 bits per heavy atom. The van der Waals surface area contributed by atoms with Crippen LogP contribution in [0.1, 0.15) is 23.7 Å². The van der Waals surface area contributed by atoms with Crippen molar-refractivity contribution < 1.29 is 0 Å². The monoisotopic (exact) mass is 313 g/mol. The fourth-order valence-corrected chi connectivity index (χ4v) is 2.98. The summed E-state index contributed by atoms with van der Waals surface area (Å²) in [6, 6.07) is 11.4. The molecule has 0 aliphatic heterocycles. The summed E-state index contributed by atoms with van der Waals surface area (Å²) in [6.07, 6.45) is 1.68. The van der Waals surface area contributed by atoms with Gasteiger partial charge < -0.3 is 4.98 Å². The summed E-state index contributed by atoms with van der Waals surface area (Å²) >= 11 is 1.50. The van der Waals surface area contributed by atoms with Gasteiger partial charge in [-0.1, -0.05) is 30.0 Å². The normalized spacial score (nSPS) is 12.3. The summed E-state index contributed by atoms with van der Waals surface area (Å²) in [5.74, 6) is 0.637. The molecule has 0 fully saturated rings. The Bertz CT molecular complexity index is 827. The van der Waals surface area contributed by atoms with Gasteiger partial charge in [0.1, 0.15) is 12.2 Å². The zero-order valence-electron chi connectivity index (χ0n) is 12.2. The maximum atomic E-state index is 11.6. The number of aryl methyl sites for hydroxylation is 1. The van der Waals surface area contributed by atoms with Gasteiger partial charge in [-0.3, -0.25) is 9.36 Å². The van der Waals surface area contributed by atoms with Crippen molar-refractivity contribution >= 4 is 11.8 Å². The molecule has 0 bridgehead atoms. The van der Waals surface area contributed by atoms with E-state index in [1.54, 1.807) is 6.33 Å². The highest BCUT2D eigenvalue weighted by Crippen LogP contribution is 2.32. The second-order valence-electron chi connectivity index (χ2n) is 4.85. The average molecular weight is 313 g/mol. The molecule has 1 N–H and O–H groups in total. The maximum Gasteiger partial charge on any atom is 0.251 e. The summed E-state index contributed by atoms with van der Waals surface area (Å²) in [7, 11) is 0. The first kappa shape index (κ1) is 14.5. The number of para-hydroxylation sites is 1. The molecular formula is C15H15N5OS. The molecule has 0 aliphatic rings. The first-order chi connectivity index (χ1) is 10.6. The molecule has 6 nitrogen and oxygen atoms in total. The van der Waals surface area contributed by atoms with Crippen molar-refractivity contribution in [3.63, 3.8) is 0 Å². The predicted octanol–water partition coefficient (Wildman–Crippen LogP) is 2.51. The molecule has 1 aromatic carbocycles. The largest absolute Gasteiger partial charge is 0.310 e. The maximum absolute atomic E-state index is 11.6. The molecule has 112 valence electrons. The molecule has 3 rings (SSSR count). The van der Waals surface area contributed by atoms with Gasteiger partial charge in [-0.05, 0) is 26.0 Å². The lowest BCUT2D eigenvalue weighted by molar-refractivity contribution is 0.848. The molecule has 0 amide bonds. The molecule has 0 saturated heterocycles. The van der Waals surface area contributed by atoms with Gasteiger partial charge in [0.05, 0.1) is 5.25 Å². The third-order valence-electron chi connectivity index (χ3n) is 3.11. The number of H-pyrrole nitrogens is 1. The molecular weight excluding hydrogens is 298 g/mol. The van der Waals surface area contributed by atoms with Crippen LogP contribution in [-0.2, 0) is 0 Å². The molecule has 1 unspecified atom stereocenters. The minimum atomic E-state index is -0.139. The van der Waals surface area contributed by atoms with Crippen molar-refractivity contribution in [3.05, 3.63) is 64.6 Å². The second kappa shape index (κ2) is 6.15. The zero-order chi connectivity index (χ0) is 15.5. The van der Waals surface area contributed by atoms with Crippen LogP contribution in [0.2, 0.25) is 0 Å². The highest BCUT2D eigenvalue weighted by atomic mass is 32.2. The number of hydrogen-bond acceptors (Lipinski definition) is 5. The molecule has 0 aliphatic carbocycles. The molecule has 7 heteroatoms. The number of hydrogen-bond donors (Lipinski definition) is 1. The van der Waals surface area contributed by atoms with Crippen LogP contribution in [0.3, 0.4) is 0 Å². The lowest BCUT2D eigenvalue weighted by Crippen LogP contribution is -2.12. The highest BCUT2D eigenvalue weighted by Gasteiger charge is 2.15. The smallest absolute Gasteiger partial charge is 0.251 e.